The lowest BCUT2D eigenvalue weighted by Gasteiger charge is -2.14. The summed E-state index contributed by atoms with van der Waals surface area (Å²) < 4.78 is 7.30. The average molecular weight is 404 g/mol. The monoisotopic (exact) mass is 404 g/mol. The predicted molar refractivity (Wildman–Crippen MR) is 114 cm³/mol. The first-order valence-electron chi connectivity index (χ1n) is 10.1. The molecule has 2 amide bonds. The molecule has 1 atom stereocenters. The largest absolute Gasteiger partial charge is 0.376 e. The number of para-hydroxylation sites is 1. The van der Waals surface area contributed by atoms with E-state index in [1.165, 1.54) is 0 Å². The maximum atomic E-state index is 12.6. The molecular weight excluding hydrogens is 380 g/mol. The van der Waals surface area contributed by atoms with E-state index >= 15 is 0 Å². The number of benzene rings is 2. The van der Waals surface area contributed by atoms with Gasteiger partial charge in [-0.15, -0.1) is 0 Å². The zero-order valence-electron chi connectivity index (χ0n) is 16.6. The molecule has 1 saturated heterocycles. The first-order chi connectivity index (χ1) is 14.7. The molecule has 2 N–H and O–H groups in total. The molecule has 1 fully saturated rings. The van der Waals surface area contributed by atoms with Crippen molar-refractivity contribution in [1.82, 2.24) is 15.1 Å². The number of ether oxygens (including phenoxy) is 1. The third-order valence-corrected chi connectivity index (χ3v) is 5.03. The van der Waals surface area contributed by atoms with Crippen LogP contribution in [0.3, 0.4) is 0 Å². The van der Waals surface area contributed by atoms with Crippen molar-refractivity contribution in [2.75, 3.05) is 18.5 Å². The summed E-state index contributed by atoms with van der Waals surface area (Å²) in [6.45, 7) is 1.22. The lowest BCUT2D eigenvalue weighted by atomic mass is 10.1. The summed E-state index contributed by atoms with van der Waals surface area (Å²) in [7, 11) is 0. The minimum atomic E-state index is -0.218. The van der Waals surface area contributed by atoms with Crippen LogP contribution >= 0.6 is 0 Å². The Hall–Kier alpha value is -3.45. The van der Waals surface area contributed by atoms with Crippen LogP contribution < -0.4 is 10.6 Å². The van der Waals surface area contributed by atoms with E-state index in [9.17, 15) is 9.59 Å². The average Bonchev–Trinajstić information content (AvgIpc) is 3.47. The number of nitrogens with zero attached hydrogens (tertiary/aromatic N) is 2. The fourth-order valence-electron chi connectivity index (χ4n) is 3.47. The highest BCUT2D eigenvalue weighted by atomic mass is 16.5. The second kappa shape index (κ2) is 9.37. The molecule has 7 heteroatoms. The van der Waals surface area contributed by atoms with Gasteiger partial charge >= 0.3 is 0 Å². The summed E-state index contributed by atoms with van der Waals surface area (Å²) in [5.41, 5.74) is 2.75. The van der Waals surface area contributed by atoms with Gasteiger partial charge in [0.25, 0.3) is 5.91 Å². The fraction of sp³-hybridized carbons (Fsp3) is 0.261. The smallest absolute Gasteiger partial charge is 0.253 e. The molecule has 0 radical (unpaired) electrons. The van der Waals surface area contributed by atoms with Crippen LogP contribution in [0.5, 0.6) is 0 Å². The Labute approximate surface area is 175 Å². The maximum Gasteiger partial charge on any atom is 0.253 e. The first-order valence-corrected chi connectivity index (χ1v) is 10.1. The van der Waals surface area contributed by atoms with Crippen molar-refractivity contribution in [1.29, 1.82) is 0 Å². The van der Waals surface area contributed by atoms with Crippen LogP contribution in [0.2, 0.25) is 0 Å². The topological polar surface area (TPSA) is 85.2 Å². The highest BCUT2D eigenvalue weighted by Crippen LogP contribution is 2.17. The summed E-state index contributed by atoms with van der Waals surface area (Å²) >= 11 is 0. The van der Waals surface area contributed by atoms with Gasteiger partial charge in [-0.25, -0.2) is 4.68 Å². The van der Waals surface area contributed by atoms with Gasteiger partial charge in [-0.3, -0.25) is 9.59 Å². The van der Waals surface area contributed by atoms with Crippen molar-refractivity contribution in [3.63, 3.8) is 0 Å². The number of carbonyl (C=O) groups is 2. The van der Waals surface area contributed by atoms with Crippen LogP contribution in [-0.2, 0) is 16.0 Å². The molecule has 1 aliphatic rings. The van der Waals surface area contributed by atoms with E-state index in [1.54, 1.807) is 35.1 Å². The molecule has 1 aliphatic heterocycles. The molecule has 2 aromatic carbocycles. The zero-order chi connectivity index (χ0) is 20.8. The molecule has 1 aromatic heterocycles. The Morgan fingerprint density at radius 2 is 1.93 bits per heavy atom. The van der Waals surface area contributed by atoms with E-state index in [0.717, 1.165) is 30.7 Å². The SMILES string of the molecule is O=C(Cc1ccc(-n2cccn2)cc1)Nc1ccccc1C(=O)NCC1CCCO1. The predicted octanol–water partition coefficient (Wildman–Crippen LogP) is 2.96. The van der Waals surface area contributed by atoms with Crippen LogP contribution in [0.4, 0.5) is 5.69 Å². The van der Waals surface area contributed by atoms with E-state index in [4.69, 9.17) is 4.74 Å². The number of amides is 2. The van der Waals surface area contributed by atoms with Crippen molar-refractivity contribution < 1.29 is 14.3 Å². The number of aromatic nitrogens is 2. The lowest BCUT2D eigenvalue weighted by Crippen LogP contribution is -2.32. The zero-order valence-corrected chi connectivity index (χ0v) is 16.6. The summed E-state index contributed by atoms with van der Waals surface area (Å²) in [6.07, 6.45) is 5.85. The molecular formula is C23H24N4O3. The van der Waals surface area contributed by atoms with Gasteiger partial charge in [-0.2, -0.15) is 5.10 Å². The van der Waals surface area contributed by atoms with Gasteiger partial charge in [0, 0.05) is 25.5 Å². The summed E-state index contributed by atoms with van der Waals surface area (Å²) in [6, 6.07) is 16.5. The van der Waals surface area contributed by atoms with Crippen molar-refractivity contribution >= 4 is 17.5 Å². The number of carbonyl (C=O) groups excluding carboxylic acids is 2. The lowest BCUT2D eigenvalue weighted by molar-refractivity contribution is -0.115. The van der Waals surface area contributed by atoms with E-state index in [1.807, 2.05) is 36.5 Å². The van der Waals surface area contributed by atoms with Crippen LogP contribution in [0.25, 0.3) is 5.69 Å². The van der Waals surface area contributed by atoms with Crippen LogP contribution in [0, 0.1) is 0 Å². The molecule has 0 aliphatic carbocycles. The van der Waals surface area contributed by atoms with Gasteiger partial charge in [0.05, 0.1) is 29.5 Å². The number of anilines is 1. The van der Waals surface area contributed by atoms with Crippen LogP contribution in [0.1, 0.15) is 28.8 Å². The molecule has 7 nitrogen and oxygen atoms in total. The second-order valence-electron chi connectivity index (χ2n) is 7.23. The third-order valence-electron chi connectivity index (χ3n) is 5.03. The molecule has 1 unspecified atom stereocenters. The van der Waals surface area contributed by atoms with Crippen LogP contribution in [-0.4, -0.2) is 40.9 Å². The number of hydrogen-bond acceptors (Lipinski definition) is 4. The molecule has 30 heavy (non-hydrogen) atoms. The van der Waals surface area contributed by atoms with Gasteiger partial charge in [0.2, 0.25) is 5.91 Å². The van der Waals surface area contributed by atoms with Gasteiger partial charge in [-0.1, -0.05) is 24.3 Å². The van der Waals surface area contributed by atoms with Crippen LogP contribution in [0.15, 0.2) is 67.0 Å². The number of hydrogen-bond donors (Lipinski definition) is 2. The van der Waals surface area contributed by atoms with Gasteiger partial charge < -0.3 is 15.4 Å². The Kier molecular flexibility index (Phi) is 6.20. The van der Waals surface area contributed by atoms with Gasteiger partial charge in [0.15, 0.2) is 0 Å². The Morgan fingerprint density at radius 3 is 2.67 bits per heavy atom. The number of nitrogens with one attached hydrogen (secondary N) is 2. The van der Waals surface area contributed by atoms with E-state index in [0.29, 0.717) is 17.8 Å². The van der Waals surface area contributed by atoms with Gasteiger partial charge in [0.1, 0.15) is 0 Å². The molecule has 0 spiro atoms. The minimum absolute atomic E-state index is 0.0698. The molecule has 3 aromatic rings. The molecule has 0 bridgehead atoms. The van der Waals surface area contributed by atoms with Crippen molar-refractivity contribution in [3.8, 4) is 5.69 Å². The van der Waals surface area contributed by atoms with E-state index in [-0.39, 0.29) is 24.3 Å². The van der Waals surface area contributed by atoms with Crippen molar-refractivity contribution in [2.45, 2.75) is 25.4 Å². The highest BCUT2D eigenvalue weighted by Gasteiger charge is 2.18. The maximum absolute atomic E-state index is 12.6. The second-order valence-corrected chi connectivity index (χ2v) is 7.23. The Balaban J connectivity index is 1.36. The Morgan fingerprint density at radius 1 is 1.10 bits per heavy atom. The molecule has 154 valence electrons. The third kappa shape index (κ3) is 4.93. The van der Waals surface area contributed by atoms with Crippen molar-refractivity contribution in [3.05, 3.63) is 78.1 Å². The molecule has 4 rings (SSSR count). The normalized spacial score (nSPS) is 15.7. The standard InChI is InChI=1S/C23H24N4O3/c28-22(15-17-8-10-18(11-9-17)27-13-4-12-25-27)26-21-7-2-1-6-20(21)23(29)24-16-19-5-3-14-30-19/h1-2,4,6-13,19H,3,5,14-16H2,(H,24,29)(H,26,28). The quantitative estimate of drug-likeness (QED) is 0.634. The van der Waals surface area contributed by atoms with E-state index in [2.05, 4.69) is 15.7 Å². The summed E-state index contributed by atoms with van der Waals surface area (Å²) in [4.78, 5) is 25.1. The Bertz CT molecular complexity index is 994. The van der Waals surface area contributed by atoms with Gasteiger partial charge in [-0.05, 0) is 48.7 Å². The highest BCUT2D eigenvalue weighted by molar-refractivity contribution is 6.04. The summed E-state index contributed by atoms with van der Waals surface area (Å²) in [5.74, 6) is -0.397. The first kappa shape index (κ1) is 19.8. The number of rotatable bonds is 7. The van der Waals surface area contributed by atoms with E-state index < -0.39 is 0 Å². The minimum Gasteiger partial charge on any atom is -0.376 e. The van der Waals surface area contributed by atoms with Crippen molar-refractivity contribution in [2.24, 2.45) is 0 Å². The molecule has 0 saturated carbocycles. The molecule has 2 heterocycles. The summed E-state index contributed by atoms with van der Waals surface area (Å²) in [5, 5.41) is 9.95. The fourth-order valence-corrected chi connectivity index (χ4v) is 3.47.